The molecule has 1 aliphatic heterocycles. The number of hydrogen-bond donors (Lipinski definition) is 2. The summed E-state index contributed by atoms with van der Waals surface area (Å²) in [6.45, 7) is 6.05. The van der Waals surface area contributed by atoms with Crippen molar-refractivity contribution in [1.82, 2.24) is 15.3 Å². The third kappa shape index (κ3) is 2.09. The SMILES string of the molecule is CC1(C)CCC(c2nc3c(c(=O)[nH]2)CNC3)CC1. The number of aromatic nitrogens is 2. The first kappa shape index (κ1) is 11.9. The molecule has 0 radical (unpaired) electrons. The zero-order valence-electron chi connectivity index (χ0n) is 11.2. The summed E-state index contributed by atoms with van der Waals surface area (Å²) in [6.07, 6.45) is 4.72. The van der Waals surface area contributed by atoms with E-state index in [1.54, 1.807) is 0 Å². The van der Waals surface area contributed by atoms with Crippen LogP contribution in [-0.2, 0) is 13.1 Å². The lowest BCUT2D eigenvalue weighted by Gasteiger charge is -2.33. The molecule has 2 N–H and O–H groups in total. The van der Waals surface area contributed by atoms with Gasteiger partial charge >= 0.3 is 0 Å². The van der Waals surface area contributed by atoms with Crippen LogP contribution in [0.25, 0.3) is 0 Å². The van der Waals surface area contributed by atoms with Crippen LogP contribution in [0, 0.1) is 5.41 Å². The van der Waals surface area contributed by atoms with Crippen LogP contribution >= 0.6 is 0 Å². The summed E-state index contributed by atoms with van der Waals surface area (Å²) in [4.78, 5) is 19.6. The third-order valence-electron chi connectivity index (χ3n) is 4.44. The van der Waals surface area contributed by atoms with Crippen LogP contribution in [0.1, 0.15) is 62.5 Å². The van der Waals surface area contributed by atoms with Crippen LogP contribution in [0.15, 0.2) is 4.79 Å². The maximum atomic E-state index is 12.0. The number of aromatic amines is 1. The van der Waals surface area contributed by atoms with Gasteiger partial charge in [0.1, 0.15) is 5.82 Å². The van der Waals surface area contributed by atoms with Gasteiger partial charge in [-0.15, -0.1) is 0 Å². The molecular formula is C14H21N3O. The van der Waals surface area contributed by atoms with Crippen LogP contribution in [-0.4, -0.2) is 9.97 Å². The molecular weight excluding hydrogens is 226 g/mol. The highest BCUT2D eigenvalue weighted by molar-refractivity contribution is 5.22. The monoisotopic (exact) mass is 247 g/mol. The Balaban J connectivity index is 1.86. The summed E-state index contributed by atoms with van der Waals surface area (Å²) in [6, 6.07) is 0. The van der Waals surface area contributed by atoms with Crippen LogP contribution in [0.2, 0.25) is 0 Å². The number of nitrogens with zero attached hydrogens (tertiary/aromatic N) is 1. The quantitative estimate of drug-likeness (QED) is 0.798. The van der Waals surface area contributed by atoms with Crippen molar-refractivity contribution >= 4 is 0 Å². The van der Waals surface area contributed by atoms with Gasteiger partial charge in [-0.2, -0.15) is 0 Å². The Labute approximate surface area is 107 Å². The van der Waals surface area contributed by atoms with E-state index in [0.717, 1.165) is 36.5 Å². The molecule has 0 saturated heterocycles. The Morgan fingerprint density at radius 2 is 1.94 bits per heavy atom. The molecule has 0 unspecified atom stereocenters. The highest BCUT2D eigenvalue weighted by atomic mass is 16.1. The Morgan fingerprint density at radius 3 is 2.67 bits per heavy atom. The van der Waals surface area contributed by atoms with Crippen molar-refractivity contribution < 1.29 is 0 Å². The van der Waals surface area contributed by atoms with E-state index in [2.05, 4.69) is 29.1 Å². The highest BCUT2D eigenvalue weighted by Gasteiger charge is 2.29. The standard InChI is InChI=1S/C14H21N3O/c1-14(2)5-3-9(4-6-14)12-16-11-8-15-7-10(11)13(18)17-12/h9,15H,3-8H2,1-2H3,(H,16,17,18). The molecule has 3 rings (SSSR count). The molecule has 0 amide bonds. The molecule has 0 atom stereocenters. The molecule has 1 fully saturated rings. The first-order chi connectivity index (χ1) is 8.55. The molecule has 1 aromatic heterocycles. The maximum absolute atomic E-state index is 12.0. The maximum Gasteiger partial charge on any atom is 0.255 e. The number of fused-ring (bicyclic) bond motifs is 1. The molecule has 2 heterocycles. The van der Waals surface area contributed by atoms with Crippen LogP contribution in [0.5, 0.6) is 0 Å². The van der Waals surface area contributed by atoms with E-state index in [4.69, 9.17) is 0 Å². The Morgan fingerprint density at radius 1 is 1.22 bits per heavy atom. The molecule has 4 nitrogen and oxygen atoms in total. The molecule has 0 aromatic carbocycles. The molecule has 18 heavy (non-hydrogen) atoms. The van der Waals surface area contributed by atoms with Crippen molar-refractivity contribution in [3.8, 4) is 0 Å². The molecule has 2 aliphatic rings. The van der Waals surface area contributed by atoms with E-state index < -0.39 is 0 Å². The van der Waals surface area contributed by atoms with Gasteiger partial charge < -0.3 is 10.3 Å². The third-order valence-corrected chi connectivity index (χ3v) is 4.44. The zero-order chi connectivity index (χ0) is 12.8. The first-order valence-corrected chi connectivity index (χ1v) is 6.88. The summed E-state index contributed by atoms with van der Waals surface area (Å²) in [5, 5.41) is 3.19. The molecule has 0 spiro atoms. The largest absolute Gasteiger partial charge is 0.310 e. The lowest BCUT2D eigenvalue weighted by atomic mass is 9.73. The highest BCUT2D eigenvalue weighted by Crippen LogP contribution is 2.41. The van der Waals surface area contributed by atoms with Crippen molar-refractivity contribution in [2.24, 2.45) is 5.41 Å². The van der Waals surface area contributed by atoms with E-state index in [9.17, 15) is 4.79 Å². The van der Waals surface area contributed by atoms with Crippen LogP contribution in [0.4, 0.5) is 0 Å². The van der Waals surface area contributed by atoms with Gasteiger partial charge in [0.2, 0.25) is 0 Å². The number of nitrogens with one attached hydrogen (secondary N) is 2. The summed E-state index contributed by atoms with van der Waals surface area (Å²) in [5.74, 6) is 1.36. The summed E-state index contributed by atoms with van der Waals surface area (Å²) in [5.41, 5.74) is 2.30. The van der Waals surface area contributed by atoms with Crippen LogP contribution < -0.4 is 10.9 Å². The molecule has 1 aliphatic carbocycles. The molecule has 1 saturated carbocycles. The second-order valence-electron chi connectivity index (χ2n) is 6.42. The average Bonchev–Trinajstić information content (AvgIpc) is 2.77. The van der Waals surface area contributed by atoms with E-state index in [1.165, 1.54) is 12.8 Å². The molecule has 1 aromatic rings. The van der Waals surface area contributed by atoms with Gasteiger partial charge in [-0.1, -0.05) is 13.8 Å². The first-order valence-electron chi connectivity index (χ1n) is 6.88. The van der Waals surface area contributed by atoms with Crippen molar-refractivity contribution in [1.29, 1.82) is 0 Å². The molecule has 4 heteroatoms. The number of H-pyrrole nitrogens is 1. The van der Waals surface area contributed by atoms with E-state index in [1.807, 2.05) is 0 Å². The topological polar surface area (TPSA) is 57.8 Å². The number of hydrogen-bond acceptors (Lipinski definition) is 3. The van der Waals surface area contributed by atoms with Crippen molar-refractivity contribution in [2.75, 3.05) is 0 Å². The Bertz CT molecular complexity index is 508. The van der Waals surface area contributed by atoms with Gasteiger partial charge in [0.15, 0.2) is 0 Å². The van der Waals surface area contributed by atoms with E-state index in [0.29, 0.717) is 17.9 Å². The van der Waals surface area contributed by atoms with Crippen LogP contribution in [0.3, 0.4) is 0 Å². The zero-order valence-corrected chi connectivity index (χ0v) is 11.2. The lowest BCUT2D eigenvalue weighted by Crippen LogP contribution is -2.24. The van der Waals surface area contributed by atoms with E-state index in [-0.39, 0.29) is 5.56 Å². The smallest absolute Gasteiger partial charge is 0.255 e. The van der Waals surface area contributed by atoms with Gasteiger partial charge in [-0.3, -0.25) is 4.79 Å². The number of rotatable bonds is 1. The second-order valence-corrected chi connectivity index (χ2v) is 6.42. The Kier molecular flexibility index (Phi) is 2.77. The fourth-order valence-corrected chi connectivity index (χ4v) is 3.06. The lowest BCUT2D eigenvalue weighted by molar-refractivity contribution is 0.220. The van der Waals surface area contributed by atoms with E-state index >= 15 is 0 Å². The minimum atomic E-state index is 0.0600. The summed E-state index contributed by atoms with van der Waals surface area (Å²) >= 11 is 0. The summed E-state index contributed by atoms with van der Waals surface area (Å²) < 4.78 is 0. The Hall–Kier alpha value is -1.16. The predicted molar refractivity (Wildman–Crippen MR) is 70.4 cm³/mol. The van der Waals surface area contributed by atoms with Crippen molar-refractivity contribution in [3.05, 3.63) is 27.4 Å². The normalized spacial score (nSPS) is 23.0. The minimum Gasteiger partial charge on any atom is -0.310 e. The van der Waals surface area contributed by atoms with Gasteiger partial charge in [0.25, 0.3) is 5.56 Å². The molecule has 98 valence electrons. The van der Waals surface area contributed by atoms with Gasteiger partial charge in [0, 0.05) is 19.0 Å². The average molecular weight is 247 g/mol. The fourth-order valence-electron chi connectivity index (χ4n) is 3.06. The van der Waals surface area contributed by atoms with Gasteiger partial charge in [-0.25, -0.2) is 4.98 Å². The fraction of sp³-hybridized carbons (Fsp3) is 0.714. The predicted octanol–water partition coefficient (Wildman–Crippen LogP) is 2.06. The van der Waals surface area contributed by atoms with Gasteiger partial charge in [-0.05, 0) is 31.1 Å². The van der Waals surface area contributed by atoms with Crippen molar-refractivity contribution in [2.45, 2.75) is 58.5 Å². The minimum absolute atomic E-state index is 0.0600. The summed E-state index contributed by atoms with van der Waals surface area (Å²) in [7, 11) is 0. The second kappa shape index (κ2) is 4.19. The van der Waals surface area contributed by atoms with Gasteiger partial charge in [0.05, 0.1) is 11.3 Å². The molecule has 0 bridgehead atoms. The van der Waals surface area contributed by atoms with Crippen molar-refractivity contribution in [3.63, 3.8) is 0 Å².